The van der Waals surface area contributed by atoms with Crippen LogP contribution in [0.1, 0.15) is 104 Å². The molecule has 0 saturated heterocycles. The smallest absolute Gasteiger partial charge is 0.224 e. The molecule has 0 aromatic carbocycles. The van der Waals surface area contributed by atoms with E-state index < -0.39 is 11.6 Å². The summed E-state index contributed by atoms with van der Waals surface area (Å²) in [5, 5.41) is 14.6. The van der Waals surface area contributed by atoms with Crippen molar-refractivity contribution < 1.29 is 19.2 Å². The molecule has 0 bridgehead atoms. The van der Waals surface area contributed by atoms with Crippen LogP contribution in [0.5, 0.6) is 0 Å². The highest BCUT2D eigenvalue weighted by atomic mass is 16.4. The number of rotatable bonds is 17. The van der Waals surface area contributed by atoms with Crippen LogP contribution in [0.15, 0.2) is 0 Å². The molecule has 1 atom stereocenters. The normalized spacial score (nSPS) is 14.0. The number of carbonyl (C=O) groups excluding carboxylic acids is 2. The van der Waals surface area contributed by atoms with Gasteiger partial charge in [0.1, 0.15) is 5.97 Å². The molecule has 160 valence electrons. The Kier molecular flexibility index (Phi) is 13.4. The summed E-state index contributed by atoms with van der Waals surface area (Å²) in [5.74, 6) is -1.39. The topological polar surface area (TPSA) is 69.2 Å². The third kappa shape index (κ3) is 10.1. The van der Waals surface area contributed by atoms with Gasteiger partial charge in [0.2, 0.25) is 11.6 Å². The monoisotopic (exact) mass is 384 g/mol. The number of aliphatic carboxylic acids is 1. The number of hydrogen-bond donors (Lipinski definition) is 1. The summed E-state index contributed by atoms with van der Waals surface area (Å²) in [6.45, 7) is 4.16. The van der Waals surface area contributed by atoms with Gasteiger partial charge in [-0.3, -0.25) is 10.1 Å². The van der Waals surface area contributed by atoms with Crippen molar-refractivity contribution in [1.29, 1.82) is 0 Å². The molecule has 0 saturated carbocycles. The average molecular weight is 385 g/mol. The summed E-state index contributed by atoms with van der Waals surface area (Å²) in [6.07, 6.45) is 15.0. The molecule has 0 spiro atoms. The molecule has 0 fully saturated rings. The molecule has 0 aliphatic carbocycles. The minimum Gasteiger partial charge on any atom is -0.542 e. The molecular formula is C22H44N2O3. The van der Waals surface area contributed by atoms with Gasteiger partial charge < -0.3 is 14.4 Å². The van der Waals surface area contributed by atoms with E-state index in [-0.39, 0.29) is 10.4 Å². The fourth-order valence-corrected chi connectivity index (χ4v) is 3.60. The minimum atomic E-state index is -1.36. The number of hydrogen-bond acceptors (Lipinski definition) is 3. The highest BCUT2D eigenvalue weighted by Gasteiger charge is 2.45. The first-order valence-electron chi connectivity index (χ1n) is 11.0. The first-order chi connectivity index (χ1) is 12.7. The standard InChI is InChI=1S/C22H44N2O3/c1-6-8-9-10-11-12-13-14-15-16-17-18-20(25)23-22(19-7-2,21(26)27)24(3,4)5/h6-19H2,1-5H3,(H-,23,25,26,27). The molecule has 0 aliphatic heterocycles. The summed E-state index contributed by atoms with van der Waals surface area (Å²) >= 11 is 0. The van der Waals surface area contributed by atoms with Crippen molar-refractivity contribution in [2.75, 3.05) is 21.1 Å². The fourth-order valence-electron chi connectivity index (χ4n) is 3.60. The number of carboxylic acids is 1. The number of likely N-dealkylation sites (N-methyl/N-ethyl adjacent to an activating group) is 1. The van der Waals surface area contributed by atoms with Crippen molar-refractivity contribution in [2.45, 2.75) is 109 Å². The van der Waals surface area contributed by atoms with E-state index in [0.717, 1.165) is 19.3 Å². The summed E-state index contributed by atoms with van der Waals surface area (Å²) in [6, 6.07) is 0. The number of amides is 1. The van der Waals surface area contributed by atoms with Gasteiger partial charge in [0.25, 0.3) is 0 Å². The molecule has 0 radical (unpaired) electrons. The maximum Gasteiger partial charge on any atom is 0.224 e. The quantitative estimate of drug-likeness (QED) is 0.236. The van der Waals surface area contributed by atoms with Gasteiger partial charge in [-0.05, 0) is 12.8 Å². The molecule has 5 heteroatoms. The second-order valence-corrected chi connectivity index (χ2v) is 8.74. The highest BCUT2D eigenvalue weighted by molar-refractivity contribution is 5.84. The van der Waals surface area contributed by atoms with Gasteiger partial charge in [0.15, 0.2) is 0 Å². The lowest BCUT2D eigenvalue weighted by atomic mass is 9.99. The number of nitrogens with one attached hydrogen (secondary N) is 1. The van der Waals surface area contributed by atoms with Crippen molar-refractivity contribution in [3.8, 4) is 0 Å². The van der Waals surface area contributed by atoms with E-state index >= 15 is 0 Å². The van der Waals surface area contributed by atoms with Crippen molar-refractivity contribution in [3.05, 3.63) is 0 Å². The van der Waals surface area contributed by atoms with Crippen LogP contribution in [0.25, 0.3) is 0 Å². The fraction of sp³-hybridized carbons (Fsp3) is 0.909. The van der Waals surface area contributed by atoms with Gasteiger partial charge in [-0.25, -0.2) is 0 Å². The van der Waals surface area contributed by atoms with Gasteiger partial charge in [-0.1, -0.05) is 78.1 Å². The second-order valence-electron chi connectivity index (χ2n) is 8.74. The lowest BCUT2D eigenvalue weighted by Gasteiger charge is -2.46. The minimum absolute atomic E-state index is 0.118. The Bertz CT molecular complexity index is 418. The molecule has 0 aliphatic rings. The van der Waals surface area contributed by atoms with Crippen molar-refractivity contribution in [3.63, 3.8) is 0 Å². The van der Waals surface area contributed by atoms with E-state index in [2.05, 4.69) is 12.2 Å². The van der Waals surface area contributed by atoms with Gasteiger partial charge in [0.05, 0.1) is 21.1 Å². The number of nitrogens with zero attached hydrogens (tertiary/aromatic N) is 1. The summed E-state index contributed by atoms with van der Waals surface area (Å²) in [4.78, 5) is 24.1. The number of carbonyl (C=O) groups is 2. The lowest BCUT2D eigenvalue weighted by molar-refractivity contribution is -0.919. The van der Waals surface area contributed by atoms with Crippen LogP contribution < -0.4 is 10.4 Å². The van der Waals surface area contributed by atoms with E-state index in [9.17, 15) is 14.7 Å². The van der Waals surface area contributed by atoms with Crippen molar-refractivity contribution in [2.24, 2.45) is 0 Å². The number of carboxylic acid groups (broad SMARTS) is 1. The SMILES string of the molecule is CCCCCCCCCCCCCC(=O)NC(CCC)(C(=O)[O-])[N+](C)(C)C. The van der Waals surface area contributed by atoms with Gasteiger partial charge in [-0.2, -0.15) is 0 Å². The molecule has 0 rings (SSSR count). The van der Waals surface area contributed by atoms with Crippen LogP contribution in [0.4, 0.5) is 0 Å². The van der Waals surface area contributed by atoms with Crippen LogP contribution in [0.3, 0.4) is 0 Å². The van der Waals surface area contributed by atoms with Crippen LogP contribution in [-0.2, 0) is 9.59 Å². The van der Waals surface area contributed by atoms with Crippen molar-refractivity contribution >= 4 is 11.9 Å². The lowest BCUT2D eigenvalue weighted by Crippen LogP contribution is -2.74. The molecule has 1 amide bonds. The zero-order valence-electron chi connectivity index (χ0n) is 18.6. The largest absolute Gasteiger partial charge is 0.542 e. The first-order valence-corrected chi connectivity index (χ1v) is 11.0. The number of quaternary nitrogens is 1. The van der Waals surface area contributed by atoms with Crippen molar-refractivity contribution in [1.82, 2.24) is 5.32 Å². The van der Waals surface area contributed by atoms with E-state index in [4.69, 9.17) is 0 Å². The van der Waals surface area contributed by atoms with E-state index in [1.807, 2.05) is 6.92 Å². The van der Waals surface area contributed by atoms with E-state index in [1.54, 1.807) is 21.1 Å². The van der Waals surface area contributed by atoms with E-state index in [0.29, 0.717) is 19.3 Å². The van der Waals surface area contributed by atoms with Crippen LogP contribution in [0, 0.1) is 0 Å². The molecule has 1 unspecified atom stereocenters. The van der Waals surface area contributed by atoms with Crippen LogP contribution in [0.2, 0.25) is 0 Å². The predicted octanol–water partition coefficient (Wildman–Crippen LogP) is 3.76. The number of unbranched alkanes of at least 4 members (excludes halogenated alkanes) is 10. The third-order valence-corrected chi connectivity index (χ3v) is 5.45. The Morgan fingerprint density at radius 1 is 0.778 bits per heavy atom. The van der Waals surface area contributed by atoms with Crippen LogP contribution in [-0.4, -0.2) is 43.2 Å². The predicted molar refractivity (Wildman–Crippen MR) is 110 cm³/mol. The third-order valence-electron chi connectivity index (χ3n) is 5.45. The molecule has 0 heterocycles. The summed E-state index contributed by atoms with van der Waals surface area (Å²) < 4.78 is 0.118. The van der Waals surface area contributed by atoms with Gasteiger partial charge in [0, 0.05) is 12.8 Å². The molecule has 5 nitrogen and oxygen atoms in total. The molecule has 0 aromatic rings. The van der Waals surface area contributed by atoms with Gasteiger partial charge >= 0.3 is 0 Å². The van der Waals surface area contributed by atoms with Gasteiger partial charge in [-0.15, -0.1) is 0 Å². The average Bonchev–Trinajstić information content (AvgIpc) is 2.58. The Morgan fingerprint density at radius 2 is 1.22 bits per heavy atom. The Balaban J connectivity index is 4.05. The molecular weight excluding hydrogens is 340 g/mol. The summed E-state index contributed by atoms with van der Waals surface area (Å²) in [5.41, 5.74) is -1.36. The molecule has 1 N–H and O–H groups in total. The Labute approximate surface area is 167 Å². The highest BCUT2D eigenvalue weighted by Crippen LogP contribution is 2.22. The van der Waals surface area contributed by atoms with E-state index in [1.165, 1.54) is 51.4 Å². The zero-order valence-corrected chi connectivity index (χ0v) is 18.6. The Hall–Kier alpha value is -1.10. The summed E-state index contributed by atoms with van der Waals surface area (Å²) in [7, 11) is 5.36. The second kappa shape index (κ2) is 14.0. The maximum atomic E-state index is 12.3. The van der Waals surface area contributed by atoms with Crippen LogP contribution >= 0.6 is 0 Å². The molecule has 27 heavy (non-hydrogen) atoms. The first kappa shape index (κ1) is 25.9. The zero-order chi connectivity index (χ0) is 20.8. The maximum absolute atomic E-state index is 12.3. The molecule has 0 aromatic heterocycles. The Morgan fingerprint density at radius 3 is 1.59 bits per heavy atom.